The predicted octanol–water partition coefficient (Wildman–Crippen LogP) is 2.17. The number of ether oxygens (including phenoxy) is 1. The summed E-state index contributed by atoms with van der Waals surface area (Å²) in [4.78, 5) is 0. The molecule has 1 aromatic heterocycles. The summed E-state index contributed by atoms with van der Waals surface area (Å²) in [6.45, 7) is 2.04. The minimum atomic E-state index is -0.257. The van der Waals surface area contributed by atoms with E-state index in [0.29, 0.717) is 12.4 Å². The van der Waals surface area contributed by atoms with E-state index in [0.717, 1.165) is 44.5 Å². The molecule has 0 atom stereocenters. The summed E-state index contributed by atoms with van der Waals surface area (Å²) in [5, 5.41) is 8.21. The molecule has 1 heterocycles. The Kier molecular flexibility index (Phi) is 6.15. The van der Waals surface area contributed by atoms with Crippen molar-refractivity contribution < 1.29 is 9.13 Å². The van der Waals surface area contributed by atoms with E-state index in [4.69, 9.17) is 10.5 Å². The number of benzene rings is 1. The van der Waals surface area contributed by atoms with Crippen LogP contribution in [0.3, 0.4) is 0 Å². The lowest BCUT2D eigenvalue weighted by atomic mass is 10.2. The number of hydrogen-bond acceptors (Lipinski definition) is 4. The van der Waals surface area contributed by atoms with Crippen LogP contribution in [0.1, 0.15) is 25.0 Å². The van der Waals surface area contributed by atoms with Gasteiger partial charge >= 0.3 is 0 Å². The summed E-state index contributed by atoms with van der Waals surface area (Å²) >= 11 is 0. The molecule has 0 radical (unpaired) electrons. The van der Waals surface area contributed by atoms with Gasteiger partial charge in [0.1, 0.15) is 11.6 Å². The molecule has 0 aliphatic rings. The average Bonchev–Trinajstić information content (AvgIpc) is 2.94. The van der Waals surface area contributed by atoms with Crippen LogP contribution in [0, 0.1) is 5.82 Å². The van der Waals surface area contributed by atoms with Crippen LogP contribution in [0.25, 0.3) is 0 Å². The average molecular weight is 292 g/mol. The lowest BCUT2D eigenvalue weighted by Crippen LogP contribution is -2.05. The van der Waals surface area contributed by atoms with E-state index in [9.17, 15) is 4.39 Å². The molecule has 0 saturated carbocycles. The van der Waals surface area contributed by atoms with E-state index in [1.54, 1.807) is 12.1 Å². The number of unbranched alkanes of at least 4 members (excludes halogenated alkanes) is 1. The molecule has 0 aliphatic heterocycles. The first-order valence-corrected chi connectivity index (χ1v) is 7.25. The Bertz CT molecular complexity index is 527. The van der Waals surface area contributed by atoms with Crippen molar-refractivity contribution in [2.24, 2.45) is 5.73 Å². The minimum Gasteiger partial charge on any atom is -0.494 e. The van der Waals surface area contributed by atoms with Crippen LogP contribution in [0.15, 0.2) is 30.5 Å². The second-order valence-corrected chi connectivity index (χ2v) is 4.87. The Labute approximate surface area is 123 Å². The van der Waals surface area contributed by atoms with Gasteiger partial charge in [0, 0.05) is 19.2 Å². The molecular weight excluding hydrogens is 271 g/mol. The molecule has 2 rings (SSSR count). The minimum absolute atomic E-state index is 0.257. The maximum atomic E-state index is 12.7. The highest BCUT2D eigenvalue weighted by atomic mass is 19.1. The maximum absolute atomic E-state index is 12.7. The van der Waals surface area contributed by atoms with Gasteiger partial charge in [-0.1, -0.05) is 5.21 Å². The highest BCUT2D eigenvalue weighted by Gasteiger charge is 2.01. The van der Waals surface area contributed by atoms with E-state index in [2.05, 4.69) is 10.3 Å². The third kappa shape index (κ3) is 5.51. The molecule has 2 aromatic rings. The first-order valence-electron chi connectivity index (χ1n) is 7.25. The van der Waals surface area contributed by atoms with Gasteiger partial charge < -0.3 is 10.5 Å². The SMILES string of the molecule is NCCCCc1cn(CCCOc2ccc(F)cc2)nn1. The van der Waals surface area contributed by atoms with Crippen LogP contribution < -0.4 is 10.5 Å². The number of rotatable bonds is 9. The fraction of sp³-hybridized carbons (Fsp3) is 0.467. The lowest BCUT2D eigenvalue weighted by molar-refractivity contribution is 0.297. The quantitative estimate of drug-likeness (QED) is 0.719. The highest BCUT2D eigenvalue weighted by molar-refractivity contribution is 5.21. The van der Waals surface area contributed by atoms with Crippen molar-refractivity contribution in [3.05, 3.63) is 42.0 Å². The fourth-order valence-corrected chi connectivity index (χ4v) is 1.96. The van der Waals surface area contributed by atoms with E-state index in [1.165, 1.54) is 12.1 Å². The Balaban J connectivity index is 1.65. The number of aryl methyl sites for hydroxylation is 2. The molecule has 0 amide bonds. The van der Waals surface area contributed by atoms with E-state index >= 15 is 0 Å². The smallest absolute Gasteiger partial charge is 0.123 e. The van der Waals surface area contributed by atoms with Gasteiger partial charge in [-0.3, -0.25) is 4.68 Å². The molecular formula is C15H21FN4O. The molecule has 5 nitrogen and oxygen atoms in total. The Morgan fingerprint density at radius 3 is 2.71 bits per heavy atom. The number of aromatic nitrogens is 3. The summed E-state index contributed by atoms with van der Waals surface area (Å²) in [5.74, 6) is 0.421. The third-order valence-corrected chi connectivity index (χ3v) is 3.09. The molecule has 21 heavy (non-hydrogen) atoms. The summed E-state index contributed by atoms with van der Waals surface area (Å²) in [6.07, 6.45) is 5.77. The molecule has 0 fully saturated rings. The first-order chi connectivity index (χ1) is 10.3. The number of nitrogens with zero attached hydrogens (tertiary/aromatic N) is 3. The molecule has 0 aliphatic carbocycles. The van der Waals surface area contributed by atoms with Crippen molar-refractivity contribution in [1.29, 1.82) is 0 Å². The van der Waals surface area contributed by atoms with Crippen molar-refractivity contribution in [3.63, 3.8) is 0 Å². The summed E-state index contributed by atoms with van der Waals surface area (Å²) in [6, 6.07) is 6.03. The Morgan fingerprint density at radius 2 is 1.95 bits per heavy atom. The lowest BCUT2D eigenvalue weighted by Gasteiger charge is -2.05. The normalized spacial score (nSPS) is 10.8. The Hall–Kier alpha value is -1.95. The first kappa shape index (κ1) is 15.4. The number of nitrogens with two attached hydrogens (primary N) is 1. The Morgan fingerprint density at radius 1 is 1.14 bits per heavy atom. The van der Waals surface area contributed by atoms with Gasteiger partial charge in [-0.05, 0) is 50.1 Å². The molecule has 0 unspecified atom stereocenters. The third-order valence-electron chi connectivity index (χ3n) is 3.09. The molecule has 0 saturated heterocycles. The van der Waals surface area contributed by atoms with Crippen LogP contribution in [-0.2, 0) is 13.0 Å². The molecule has 114 valence electrons. The van der Waals surface area contributed by atoms with Crippen LogP contribution in [0.5, 0.6) is 5.75 Å². The van der Waals surface area contributed by atoms with Gasteiger partial charge in [-0.15, -0.1) is 5.10 Å². The van der Waals surface area contributed by atoms with Gasteiger partial charge in [0.05, 0.1) is 12.3 Å². The monoisotopic (exact) mass is 292 g/mol. The second-order valence-electron chi connectivity index (χ2n) is 4.87. The summed E-state index contributed by atoms with van der Waals surface area (Å²) in [7, 11) is 0. The zero-order valence-corrected chi connectivity index (χ0v) is 12.0. The molecule has 0 bridgehead atoms. The maximum Gasteiger partial charge on any atom is 0.123 e. The highest BCUT2D eigenvalue weighted by Crippen LogP contribution is 2.11. The molecule has 2 N–H and O–H groups in total. The van der Waals surface area contributed by atoms with Crippen LogP contribution in [0.4, 0.5) is 4.39 Å². The second kappa shape index (κ2) is 8.36. The standard InChI is InChI=1S/C15H21FN4O/c16-13-5-7-15(8-6-13)21-11-3-10-20-12-14(18-19-20)4-1-2-9-17/h5-8,12H,1-4,9-11,17H2. The summed E-state index contributed by atoms with van der Waals surface area (Å²) in [5.41, 5.74) is 6.46. The van der Waals surface area contributed by atoms with Crippen LogP contribution >= 0.6 is 0 Å². The van der Waals surface area contributed by atoms with Gasteiger partial charge in [0.15, 0.2) is 0 Å². The number of halogens is 1. The topological polar surface area (TPSA) is 66.0 Å². The largest absolute Gasteiger partial charge is 0.494 e. The molecule has 6 heteroatoms. The van der Waals surface area contributed by atoms with Gasteiger partial charge in [0.25, 0.3) is 0 Å². The van der Waals surface area contributed by atoms with Crippen molar-refractivity contribution >= 4 is 0 Å². The van der Waals surface area contributed by atoms with Crippen molar-refractivity contribution in [2.45, 2.75) is 32.2 Å². The van der Waals surface area contributed by atoms with Gasteiger partial charge in [0.2, 0.25) is 0 Å². The van der Waals surface area contributed by atoms with Crippen LogP contribution in [-0.4, -0.2) is 28.1 Å². The zero-order valence-electron chi connectivity index (χ0n) is 12.0. The van der Waals surface area contributed by atoms with Crippen molar-refractivity contribution in [3.8, 4) is 5.75 Å². The van der Waals surface area contributed by atoms with Crippen molar-refractivity contribution in [2.75, 3.05) is 13.2 Å². The van der Waals surface area contributed by atoms with E-state index in [1.807, 2.05) is 10.9 Å². The van der Waals surface area contributed by atoms with E-state index in [-0.39, 0.29) is 5.82 Å². The van der Waals surface area contributed by atoms with Gasteiger partial charge in [-0.2, -0.15) is 0 Å². The zero-order chi connectivity index (χ0) is 14.9. The molecule has 1 aromatic carbocycles. The van der Waals surface area contributed by atoms with Crippen molar-refractivity contribution in [1.82, 2.24) is 15.0 Å². The summed E-state index contributed by atoms with van der Waals surface area (Å²) < 4.78 is 20.1. The predicted molar refractivity (Wildman–Crippen MR) is 78.5 cm³/mol. The van der Waals surface area contributed by atoms with E-state index < -0.39 is 0 Å². The van der Waals surface area contributed by atoms with Gasteiger partial charge in [-0.25, -0.2) is 4.39 Å². The van der Waals surface area contributed by atoms with Crippen LogP contribution in [0.2, 0.25) is 0 Å². The fourth-order valence-electron chi connectivity index (χ4n) is 1.96. The number of hydrogen-bond donors (Lipinski definition) is 1. The molecule has 0 spiro atoms.